The summed E-state index contributed by atoms with van der Waals surface area (Å²) < 4.78 is 5.76. The largest absolute Gasteiger partial charge is 0.488 e. The second-order valence-corrected chi connectivity index (χ2v) is 6.71. The number of carbonyl (C=O) groups excluding carboxylic acids is 2. The normalized spacial score (nSPS) is 10.2. The predicted octanol–water partition coefficient (Wildman–Crippen LogP) is 4.65. The Labute approximate surface area is 172 Å². The highest BCUT2D eigenvalue weighted by molar-refractivity contribution is 6.35. The maximum Gasteiger partial charge on any atom is 0.273 e. The van der Waals surface area contributed by atoms with Crippen LogP contribution < -0.4 is 15.6 Å². The van der Waals surface area contributed by atoms with E-state index in [2.05, 4.69) is 10.9 Å². The van der Waals surface area contributed by atoms with E-state index in [0.717, 1.165) is 5.56 Å². The minimum absolute atomic E-state index is 0.228. The highest BCUT2D eigenvalue weighted by atomic mass is 35.5. The number of hydrazine groups is 1. The summed E-state index contributed by atoms with van der Waals surface area (Å²) in [5, 5.41) is 0.646. The van der Waals surface area contributed by atoms with Crippen LogP contribution in [0.3, 0.4) is 0 Å². The van der Waals surface area contributed by atoms with Crippen LogP contribution in [0, 0.1) is 0 Å². The molecule has 3 aromatic rings. The van der Waals surface area contributed by atoms with Gasteiger partial charge in [-0.05, 0) is 35.9 Å². The van der Waals surface area contributed by atoms with Gasteiger partial charge in [0, 0.05) is 15.6 Å². The third-order valence-corrected chi connectivity index (χ3v) is 4.22. The van der Waals surface area contributed by atoms with E-state index < -0.39 is 11.8 Å². The molecule has 0 saturated carbocycles. The van der Waals surface area contributed by atoms with E-state index in [4.69, 9.17) is 27.9 Å². The molecular weight excluding hydrogens is 399 g/mol. The lowest BCUT2D eigenvalue weighted by Crippen LogP contribution is -2.41. The average molecular weight is 415 g/mol. The predicted molar refractivity (Wildman–Crippen MR) is 109 cm³/mol. The molecular formula is C21H16Cl2N2O3. The van der Waals surface area contributed by atoms with E-state index >= 15 is 0 Å². The first-order valence-electron chi connectivity index (χ1n) is 8.35. The number of para-hydroxylation sites is 1. The lowest BCUT2D eigenvalue weighted by Gasteiger charge is -2.12. The van der Waals surface area contributed by atoms with Crippen LogP contribution >= 0.6 is 23.2 Å². The molecule has 0 bridgehead atoms. The van der Waals surface area contributed by atoms with Crippen LogP contribution in [0.1, 0.15) is 26.3 Å². The van der Waals surface area contributed by atoms with Gasteiger partial charge in [-0.1, -0.05) is 65.7 Å². The summed E-state index contributed by atoms with van der Waals surface area (Å²) in [6.07, 6.45) is 0. The maximum atomic E-state index is 12.5. The van der Waals surface area contributed by atoms with E-state index in [1.807, 2.05) is 30.3 Å². The lowest BCUT2D eigenvalue weighted by molar-refractivity contribution is 0.0844. The molecule has 0 spiro atoms. The average Bonchev–Trinajstić information content (AvgIpc) is 2.70. The van der Waals surface area contributed by atoms with Crippen molar-refractivity contribution < 1.29 is 14.3 Å². The van der Waals surface area contributed by atoms with Gasteiger partial charge in [0.2, 0.25) is 0 Å². The van der Waals surface area contributed by atoms with Crippen LogP contribution in [0.4, 0.5) is 0 Å². The van der Waals surface area contributed by atoms with Crippen LogP contribution in [-0.4, -0.2) is 11.8 Å². The van der Waals surface area contributed by atoms with Crippen molar-refractivity contribution >= 4 is 35.0 Å². The minimum Gasteiger partial charge on any atom is -0.488 e. The molecule has 2 N–H and O–H groups in total. The van der Waals surface area contributed by atoms with Crippen molar-refractivity contribution in [2.24, 2.45) is 0 Å². The van der Waals surface area contributed by atoms with Crippen LogP contribution in [0.5, 0.6) is 5.75 Å². The monoisotopic (exact) mass is 414 g/mol. The Hall–Kier alpha value is -3.02. The molecule has 0 heterocycles. The summed E-state index contributed by atoms with van der Waals surface area (Å²) in [5.41, 5.74) is 6.21. The van der Waals surface area contributed by atoms with Gasteiger partial charge in [-0.25, -0.2) is 0 Å². The van der Waals surface area contributed by atoms with Crippen molar-refractivity contribution in [2.45, 2.75) is 6.61 Å². The highest BCUT2D eigenvalue weighted by Crippen LogP contribution is 2.20. The van der Waals surface area contributed by atoms with Crippen molar-refractivity contribution in [3.8, 4) is 5.75 Å². The van der Waals surface area contributed by atoms with Gasteiger partial charge in [0.25, 0.3) is 11.8 Å². The lowest BCUT2D eigenvalue weighted by atomic mass is 10.2. The standard InChI is InChI=1S/C21H16Cl2N2O3/c22-16-10-15(11-17(23)12-16)20(26)24-25-21(27)18-8-4-5-9-19(18)28-13-14-6-2-1-3-7-14/h1-12H,13H2,(H,24,26)(H,25,27). The van der Waals surface area contributed by atoms with Crippen LogP contribution in [0.25, 0.3) is 0 Å². The highest BCUT2D eigenvalue weighted by Gasteiger charge is 2.14. The fourth-order valence-corrected chi connectivity index (χ4v) is 2.98. The summed E-state index contributed by atoms with van der Waals surface area (Å²) >= 11 is 11.8. The Balaban J connectivity index is 1.65. The molecule has 28 heavy (non-hydrogen) atoms. The molecule has 0 aliphatic carbocycles. The third-order valence-electron chi connectivity index (χ3n) is 3.78. The third kappa shape index (κ3) is 5.25. The van der Waals surface area contributed by atoms with Gasteiger partial charge in [0.1, 0.15) is 12.4 Å². The van der Waals surface area contributed by atoms with E-state index in [0.29, 0.717) is 28.0 Å². The van der Waals surface area contributed by atoms with Gasteiger partial charge in [-0.3, -0.25) is 20.4 Å². The number of carbonyl (C=O) groups is 2. The van der Waals surface area contributed by atoms with E-state index in [-0.39, 0.29) is 5.56 Å². The number of ether oxygens (including phenoxy) is 1. The van der Waals surface area contributed by atoms with Gasteiger partial charge >= 0.3 is 0 Å². The quantitative estimate of drug-likeness (QED) is 0.597. The Morgan fingerprint density at radius 3 is 2.11 bits per heavy atom. The Kier molecular flexibility index (Phi) is 6.53. The molecule has 0 aromatic heterocycles. The molecule has 0 radical (unpaired) electrons. The minimum atomic E-state index is -0.541. The summed E-state index contributed by atoms with van der Waals surface area (Å²) in [6, 6.07) is 20.8. The van der Waals surface area contributed by atoms with E-state index in [9.17, 15) is 9.59 Å². The molecule has 0 aliphatic heterocycles. The molecule has 7 heteroatoms. The molecule has 2 amide bonds. The van der Waals surface area contributed by atoms with Gasteiger partial charge in [0.15, 0.2) is 0 Å². The molecule has 0 unspecified atom stereocenters. The molecule has 5 nitrogen and oxygen atoms in total. The van der Waals surface area contributed by atoms with Crippen molar-refractivity contribution in [1.82, 2.24) is 10.9 Å². The van der Waals surface area contributed by atoms with Gasteiger partial charge in [-0.2, -0.15) is 0 Å². The second kappa shape index (κ2) is 9.26. The van der Waals surface area contributed by atoms with Crippen LogP contribution in [0.15, 0.2) is 72.8 Å². The fraction of sp³-hybridized carbons (Fsp3) is 0.0476. The van der Waals surface area contributed by atoms with Crippen molar-refractivity contribution in [1.29, 1.82) is 0 Å². The van der Waals surface area contributed by atoms with Crippen molar-refractivity contribution in [3.63, 3.8) is 0 Å². The van der Waals surface area contributed by atoms with Crippen LogP contribution in [0.2, 0.25) is 10.0 Å². The Morgan fingerprint density at radius 2 is 1.39 bits per heavy atom. The topological polar surface area (TPSA) is 67.4 Å². The summed E-state index contributed by atoms with van der Waals surface area (Å²) in [6.45, 7) is 0.318. The molecule has 0 atom stereocenters. The molecule has 0 aliphatic rings. The van der Waals surface area contributed by atoms with Gasteiger partial charge < -0.3 is 4.74 Å². The summed E-state index contributed by atoms with van der Waals surface area (Å²) in [5.74, 6) is -0.644. The Morgan fingerprint density at radius 1 is 0.786 bits per heavy atom. The molecule has 3 aromatic carbocycles. The number of halogens is 2. The first kappa shape index (κ1) is 19.7. The number of nitrogens with one attached hydrogen (secondary N) is 2. The molecule has 3 rings (SSSR count). The number of hydrogen-bond donors (Lipinski definition) is 2. The van der Waals surface area contributed by atoms with Crippen molar-refractivity contribution in [3.05, 3.63) is 99.5 Å². The van der Waals surface area contributed by atoms with E-state index in [1.165, 1.54) is 18.2 Å². The first-order chi connectivity index (χ1) is 13.5. The number of rotatable bonds is 5. The number of benzene rings is 3. The zero-order valence-corrected chi connectivity index (χ0v) is 16.1. The smallest absolute Gasteiger partial charge is 0.273 e. The van der Waals surface area contributed by atoms with Crippen LogP contribution in [-0.2, 0) is 6.61 Å². The number of hydrogen-bond acceptors (Lipinski definition) is 3. The molecule has 142 valence electrons. The number of amides is 2. The maximum absolute atomic E-state index is 12.5. The van der Waals surface area contributed by atoms with Crippen molar-refractivity contribution in [2.75, 3.05) is 0 Å². The van der Waals surface area contributed by atoms with Gasteiger partial charge in [0.05, 0.1) is 5.56 Å². The Bertz CT molecular complexity index is 974. The summed E-state index contributed by atoms with van der Waals surface area (Å²) in [7, 11) is 0. The van der Waals surface area contributed by atoms with Gasteiger partial charge in [-0.15, -0.1) is 0 Å². The second-order valence-electron chi connectivity index (χ2n) is 5.84. The zero-order valence-electron chi connectivity index (χ0n) is 14.6. The zero-order chi connectivity index (χ0) is 19.9. The SMILES string of the molecule is O=C(NNC(=O)c1ccccc1OCc1ccccc1)c1cc(Cl)cc(Cl)c1. The molecule has 0 fully saturated rings. The first-order valence-corrected chi connectivity index (χ1v) is 9.11. The fourth-order valence-electron chi connectivity index (χ4n) is 2.45. The summed E-state index contributed by atoms with van der Waals surface area (Å²) in [4.78, 5) is 24.7. The van der Waals surface area contributed by atoms with E-state index in [1.54, 1.807) is 24.3 Å². The molecule has 0 saturated heterocycles.